The smallest absolute Gasteiger partial charge is 0.263 e. The Bertz CT molecular complexity index is 562. The van der Waals surface area contributed by atoms with Crippen molar-refractivity contribution in [2.75, 3.05) is 6.54 Å². The van der Waals surface area contributed by atoms with E-state index >= 15 is 0 Å². The second-order valence-corrected chi connectivity index (χ2v) is 5.89. The number of benzene rings is 1. The SMILES string of the molecule is CCNC(c1cccc(C(F)F)c1)c1nc(C)c(C)s1. The highest BCUT2D eigenvalue weighted by molar-refractivity contribution is 7.11. The third-order valence-electron chi connectivity index (χ3n) is 3.20. The second kappa shape index (κ2) is 6.41. The van der Waals surface area contributed by atoms with Gasteiger partial charge in [0.15, 0.2) is 0 Å². The molecule has 1 aromatic carbocycles. The largest absolute Gasteiger partial charge is 0.305 e. The van der Waals surface area contributed by atoms with E-state index < -0.39 is 6.43 Å². The average Bonchev–Trinajstić information content (AvgIpc) is 2.76. The number of aromatic nitrogens is 1. The molecule has 1 aromatic heterocycles. The van der Waals surface area contributed by atoms with Crippen LogP contribution in [0.2, 0.25) is 0 Å². The van der Waals surface area contributed by atoms with Gasteiger partial charge in [0.25, 0.3) is 6.43 Å². The molecule has 0 aliphatic carbocycles. The highest BCUT2D eigenvalue weighted by Crippen LogP contribution is 2.30. The summed E-state index contributed by atoms with van der Waals surface area (Å²) in [5, 5.41) is 4.25. The van der Waals surface area contributed by atoms with Gasteiger partial charge >= 0.3 is 0 Å². The summed E-state index contributed by atoms with van der Waals surface area (Å²) in [4.78, 5) is 5.71. The molecule has 1 heterocycles. The predicted molar refractivity (Wildman–Crippen MR) is 78.5 cm³/mol. The van der Waals surface area contributed by atoms with Gasteiger partial charge in [0.2, 0.25) is 0 Å². The van der Waals surface area contributed by atoms with Gasteiger partial charge in [-0.2, -0.15) is 0 Å². The normalized spacial score (nSPS) is 12.9. The number of nitrogens with one attached hydrogen (secondary N) is 1. The van der Waals surface area contributed by atoms with E-state index in [0.717, 1.165) is 27.7 Å². The van der Waals surface area contributed by atoms with Crippen LogP contribution in [0.3, 0.4) is 0 Å². The molecule has 0 saturated heterocycles. The summed E-state index contributed by atoms with van der Waals surface area (Å²) in [6, 6.07) is 6.43. The Balaban J connectivity index is 2.40. The van der Waals surface area contributed by atoms with Crippen molar-refractivity contribution in [3.63, 3.8) is 0 Å². The van der Waals surface area contributed by atoms with Gasteiger partial charge in [-0.25, -0.2) is 13.8 Å². The molecule has 2 rings (SSSR count). The van der Waals surface area contributed by atoms with Crippen molar-refractivity contribution in [2.45, 2.75) is 33.2 Å². The Hall–Kier alpha value is -1.33. The molecule has 1 atom stereocenters. The minimum atomic E-state index is -2.45. The Morgan fingerprint density at radius 1 is 1.25 bits per heavy atom. The topological polar surface area (TPSA) is 24.9 Å². The van der Waals surface area contributed by atoms with Crippen LogP contribution >= 0.6 is 11.3 Å². The molecule has 0 radical (unpaired) electrons. The van der Waals surface area contributed by atoms with Crippen LogP contribution in [0.5, 0.6) is 0 Å². The molecule has 1 N–H and O–H groups in total. The maximum Gasteiger partial charge on any atom is 0.263 e. The number of nitrogens with zero attached hydrogens (tertiary/aromatic N) is 1. The van der Waals surface area contributed by atoms with Crippen molar-refractivity contribution < 1.29 is 8.78 Å². The van der Waals surface area contributed by atoms with Crippen molar-refractivity contribution in [1.29, 1.82) is 0 Å². The van der Waals surface area contributed by atoms with Crippen LogP contribution in [0, 0.1) is 13.8 Å². The summed E-state index contributed by atoms with van der Waals surface area (Å²) in [5.41, 5.74) is 1.88. The predicted octanol–water partition coefficient (Wildman–Crippen LogP) is 4.40. The first kappa shape index (κ1) is 15.1. The summed E-state index contributed by atoms with van der Waals surface area (Å²) in [6.45, 7) is 6.74. The van der Waals surface area contributed by atoms with Crippen molar-refractivity contribution in [2.24, 2.45) is 0 Å². The van der Waals surface area contributed by atoms with Gasteiger partial charge in [-0.15, -0.1) is 11.3 Å². The molecule has 0 aliphatic heterocycles. The van der Waals surface area contributed by atoms with Gasteiger partial charge < -0.3 is 5.32 Å². The molecule has 0 saturated carbocycles. The highest BCUT2D eigenvalue weighted by atomic mass is 32.1. The summed E-state index contributed by atoms with van der Waals surface area (Å²) < 4.78 is 25.7. The van der Waals surface area contributed by atoms with Gasteiger partial charge in [0.1, 0.15) is 5.01 Å². The molecule has 0 aliphatic rings. The minimum absolute atomic E-state index is 0.0513. The molecule has 0 spiro atoms. The third-order valence-corrected chi connectivity index (χ3v) is 4.33. The lowest BCUT2D eigenvalue weighted by atomic mass is 10.0. The number of halogens is 2. The van der Waals surface area contributed by atoms with Gasteiger partial charge in [-0.05, 0) is 32.0 Å². The van der Waals surface area contributed by atoms with Crippen LogP contribution in [0.4, 0.5) is 8.78 Å². The molecule has 2 aromatic rings. The summed E-state index contributed by atoms with van der Waals surface area (Å²) in [6.07, 6.45) is -2.45. The summed E-state index contributed by atoms with van der Waals surface area (Å²) >= 11 is 1.61. The zero-order valence-corrected chi connectivity index (χ0v) is 12.6. The third kappa shape index (κ3) is 3.22. The van der Waals surface area contributed by atoms with E-state index in [0.29, 0.717) is 0 Å². The van der Waals surface area contributed by atoms with Crippen LogP contribution < -0.4 is 5.32 Å². The van der Waals surface area contributed by atoms with Gasteiger partial charge in [-0.1, -0.05) is 25.1 Å². The Morgan fingerprint density at radius 2 is 1.95 bits per heavy atom. The van der Waals surface area contributed by atoms with Crippen molar-refractivity contribution in [3.8, 4) is 0 Å². The van der Waals surface area contributed by atoms with Crippen molar-refractivity contribution >= 4 is 11.3 Å². The first-order chi connectivity index (χ1) is 9.52. The molecular weight excluding hydrogens is 278 g/mol. The first-order valence-electron chi connectivity index (χ1n) is 6.58. The van der Waals surface area contributed by atoms with E-state index in [4.69, 9.17) is 0 Å². The van der Waals surface area contributed by atoms with Gasteiger partial charge in [-0.3, -0.25) is 0 Å². The van der Waals surface area contributed by atoms with E-state index in [1.807, 2.05) is 26.8 Å². The average molecular weight is 296 g/mol. The molecular formula is C15H18F2N2S. The van der Waals surface area contributed by atoms with E-state index in [-0.39, 0.29) is 11.6 Å². The van der Waals surface area contributed by atoms with Crippen LogP contribution in [0.25, 0.3) is 0 Å². The number of rotatable bonds is 5. The van der Waals surface area contributed by atoms with E-state index in [2.05, 4.69) is 10.3 Å². The standard InChI is InChI=1S/C15H18F2N2S/c1-4-18-13(15-19-9(2)10(3)20-15)11-6-5-7-12(8-11)14(16)17/h5-8,13-14,18H,4H2,1-3H3. The number of hydrogen-bond acceptors (Lipinski definition) is 3. The Labute approximate surface area is 121 Å². The van der Waals surface area contributed by atoms with Crippen LogP contribution in [0.1, 0.15) is 46.1 Å². The Kier molecular flexibility index (Phi) is 4.83. The number of alkyl halides is 2. The second-order valence-electron chi connectivity index (χ2n) is 4.66. The zero-order chi connectivity index (χ0) is 14.7. The molecule has 20 heavy (non-hydrogen) atoms. The molecule has 0 bridgehead atoms. The maximum atomic E-state index is 12.8. The molecule has 0 fully saturated rings. The van der Waals surface area contributed by atoms with Crippen LogP contribution in [-0.4, -0.2) is 11.5 Å². The van der Waals surface area contributed by atoms with Crippen molar-refractivity contribution in [1.82, 2.24) is 10.3 Å². The fourth-order valence-corrected chi connectivity index (χ4v) is 3.07. The number of thiazole rings is 1. The van der Waals surface area contributed by atoms with E-state index in [1.54, 1.807) is 23.5 Å². The molecule has 2 nitrogen and oxygen atoms in total. The van der Waals surface area contributed by atoms with Crippen molar-refractivity contribution in [3.05, 3.63) is 51.0 Å². The number of aryl methyl sites for hydroxylation is 2. The van der Waals surface area contributed by atoms with E-state index in [1.165, 1.54) is 6.07 Å². The minimum Gasteiger partial charge on any atom is -0.305 e. The Morgan fingerprint density at radius 3 is 2.50 bits per heavy atom. The maximum absolute atomic E-state index is 12.8. The fraction of sp³-hybridized carbons (Fsp3) is 0.400. The molecule has 108 valence electrons. The highest BCUT2D eigenvalue weighted by Gasteiger charge is 2.19. The zero-order valence-electron chi connectivity index (χ0n) is 11.8. The quantitative estimate of drug-likeness (QED) is 0.884. The fourth-order valence-electron chi connectivity index (χ4n) is 2.05. The molecule has 5 heteroatoms. The summed E-state index contributed by atoms with van der Waals surface area (Å²) in [5.74, 6) is 0. The molecule has 1 unspecified atom stereocenters. The van der Waals surface area contributed by atoms with E-state index in [9.17, 15) is 8.78 Å². The lowest BCUT2D eigenvalue weighted by Crippen LogP contribution is -2.22. The van der Waals surface area contributed by atoms with Gasteiger partial charge in [0.05, 0.1) is 11.7 Å². The monoisotopic (exact) mass is 296 g/mol. The summed E-state index contributed by atoms with van der Waals surface area (Å²) in [7, 11) is 0. The first-order valence-corrected chi connectivity index (χ1v) is 7.40. The van der Waals surface area contributed by atoms with Gasteiger partial charge in [0, 0.05) is 10.4 Å². The lowest BCUT2D eigenvalue weighted by molar-refractivity contribution is 0.151. The lowest BCUT2D eigenvalue weighted by Gasteiger charge is -2.16. The number of hydrogen-bond donors (Lipinski definition) is 1. The van der Waals surface area contributed by atoms with Crippen LogP contribution in [-0.2, 0) is 0 Å². The van der Waals surface area contributed by atoms with Crippen LogP contribution in [0.15, 0.2) is 24.3 Å². The molecule has 0 amide bonds.